The Hall–Kier alpha value is -2.99. The Morgan fingerprint density at radius 1 is 1.11 bits per heavy atom. The topological polar surface area (TPSA) is 83.9 Å². The molecular formula is C21H21NO5. The van der Waals surface area contributed by atoms with E-state index in [0.29, 0.717) is 0 Å². The number of hydrogen-bond acceptors (Lipinski definition) is 5. The van der Waals surface area contributed by atoms with E-state index >= 15 is 0 Å². The SMILES string of the molecule is CCOC(=O)C1(O)C(=O)N(c2ccc(C(C)C)cc2)C(=O)c2ccccc21. The quantitative estimate of drug-likeness (QED) is 0.510. The molecule has 2 amide bonds. The predicted octanol–water partition coefficient (Wildman–Crippen LogP) is 2.75. The van der Waals surface area contributed by atoms with Crippen molar-refractivity contribution in [2.24, 2.45) is 0 Å². The van der Waals surface area contributed by atoms with Crippen LogP contribution in [-0.2, 0) is 19.9 Å². The van der Waals surface area contributed by atoms with Crippen LogP contribution in [0.3, 0.4) is 0 Å². The summed E-state index contributed by atoms with van der Waals surface area (Å²) in [4.78, 5) is 39.4. The zero-order valence-electron chi connectivity index (χ0n) is 15.4. The molecule has 0 radical (unpaired) electrons. The number of hydrogen-bond donors (Lipinski definition) is 1. The highest BCUT2D eigenvalue weighted by Gasteiger charge is 2.56. The standard InChI is InChI=1S/C21H21NO5/c1-4-27-20(25)21(26)17-8-6-5-7-16(17)18(23)22(19(21)24)15-11-9-14(10-12-15)13(2)3/h5-13,26H,4H2,1-3H3. The van der Waals surface area contributed by atoms with Crippen molar-refractivity contribution >= 4 is 23.5 Å². The number of ether oxygens (including phenoxy) is 1. The van der Waals surface area contributed by atoms with Gasteiger partial charge in [0.25, 0.3) is 17.4 Å². The highest BCUT2D eigenvalue weighted by Crippen LogP contribution is 2.36. The molecule has 0 aromatic heterocycles. The molecule has 0 bridgehead atoms. The molecule has 27 heavy (non-hydrogen) atoms. The first-order chi connectivity index (χ1) is 12.8. The first kappa shape index (κ1) is 18.8. The van der Waals surface area contributed by atoms with E-state index in [1.54, 1.807) is 31.2 Å². The second-order valence-electron chi connectivity index (χ2n) is 6.67. The van der Waals surface area contributed by atoms with Gasteiger partial charge in [-0.1, -0.05) is 44.2 Å². The fourth-order valence-electron chi connectivity index (χ4n) is 3.15. The number of nitrogens with zero attached hydrogens (tertiary/aromatic N) is 1. The lowest BCUT2D eigenvalue weighted by molar-refractivity contribution is -0.171. The van der Waals surface area contributed by atoms with Crippen LogP contribution in [0.2, 0.25) is 0 Å². The van der Waals surface area contributed by atoms with E-state index in [-0.39, 0.29) is 29.3 Å². The van der Waals surface area contributed by atoms with E-state index in [1.807, 2.05) is 26.0 Å². The number of benzene rings is 2. The molecule has 2 aromatic rings. The van der Waals surface area contributed by atoms with E-state index in [9.17, 15) is 19.5 Å². The Kier molecular flexibility index (Phi) is 4.85. The number of imide groups is 1. The van der Waals surface area contributed by atoms with Crippen LogP contribution in [0.25, 0.3) is 0 Å². The maximum absolute atomic E-state index is 13.1. The molecule has 1 N–H and O–H groups in total. The first-order valence-electron chi connectivity index (χ1n) is 8.80. The summed E-state index contributed by atoms with van der Waals surface area (Å²) >= 11 is 0. The zero-order chi connectivity index (χ0) is 19.8. The van der Waals surface area contributed by atoms with Crippen molar-refractivity contribution in [2.45, 2.75) is 32.3 Å². The third-order valence-corrected chi connectivity index (χ3v) is 4.65. The van der Waals surface area contributed by atoms with Gasteiger partial charge in [0, 0.05) is 11.1 Å². The van der Waals surface area contributed by atoms with Crippen LogP contribution in [0.1, 0.15) is 48.2 Å². The third-order valence-electron chi connectivity index (χ3n) is 4.65. The first-order valence-corrected chi connectivity index (χ1v) is 8.80. The summed E-state index contributed by atoms with van der Waals surface area (Å²) in [6.07, 6.45) is 0. The number of esters is 1. The van der Waals surface area contributed by atoms with Crippen molar-refractivity contribution in [1.29, 1.82) is 0 Å². The van der Waals surface area contributed by atoms with E-state index in [2.05, 4.69) is 0 Å². The number of carbonyl (C=O) groups excluding carboxylic acids is 3. The summed E-state index contributed by atoms with van der Waals surface area (Å²) in [7, 11) is 0. The summed E-state index contributed by atoms with van der Waals surface area (Å²) in [5, 5.41) is 11.1. The highest BCUT2D eigenvalue weighted by atomic mass is 16.6. The van der Waals surface area contributed by atoms with Gasteiger partial charge in [-0.15, -0.1) is 0 Å². The van der Waals surface area contributed by atoms with Gasteiger partial charge in [0.1, 0.15) is 0 Å². The normalized spacial score (nSPS) is 19.2. The van der Waals surface area contributed by atoms with Crippen molar-refractivity contribution in [2.75, 3.05) is 11.5 Å². The molecule has 3 rings (SSSR count). The molecule has 2 aromatic carbocycles. The predicted molar refractivity (Wildman–Crippen MR) is 99.3 cm³/mol. The molecule has 6 nitrogen and oxygen atoms in total. The van der Waals surface area contributed by atoms with Crippen molar-refractivity contribution in [1.82, 2.24) is 0 Å². The number of anilines is 1. The molecule has 140 valence electrons. The Balaban J connectivity index is 2.16. The monoisotopic (exact) mass is 367 g/mol. The van der Waals surface area contributed by atoms with Crippen LogP contribution in [-0.4, -0.2) is 29.5 Å². The molecule has 0 fully saturated rings. The summed E-state index contributed by atoms with van der Waals surface area (Å²) in [6.45, 7) is 5.63. The average Bonchev–Trinajstić information content (AvgIpc) is 2.67. The van der Waals surface area contributed by atoms with Crippen molar-refractivity contribution in [3.63, 3.8) is 0 Å². The Labute approximate surface area is 157 Å². The molecule has 1 aliphatic heterocycles. The molecule has 1 aliphatic rings. The number of carbonyl (C=O) groups is 3. The number of rotatable bonds is 4. The van der Waals surface area contributed by atoms with Crippen LogP contribution in [0.5, 0.6) is 0 Å². The number of aliphatic hydroxyl groups is 1. The highest BCUT2D eigenvalue weighted by molar-refractivity contribution is 6.31. The van der Waals surface area contributed by atoms with Crippen LogP contribution in [0, 0.1) is 0 Å². The van der Waals surface area contributed by atoms with E-state index < -0.39 is 23.4 Å². The molecule has 0 saturated carbocycles. The summed E-state index contributed by atoms with van der Waals surface area (Å²) in [5.41, 5.74) is -1.23. The molecule has 0 aliphatic carbocycles. The largest absolute Gasteiger partial charge is 0.463 e. The number of amides is 2. The van der Waals surface area contributed by atoms with Crippen molar-refractivity contribution in [3.8, 4) is 0 Å². The van der Waals surface area contributed by atoms with Gasteiger partial charge in [0.05, 0.1) is 12.3 Å². The fourth-order valence-corrected chi connectivity index (χ4v) is 3.15. The molecule has 0 spiro atoms. The van der Waals surface area contributed by atoms with Gasteiger partial charge in [-0.05, 0) is 36.6 Å². The van der Waals surface area contributed by atoms with Gasteiger partial charge >= 0.3 is 5.97 Å². The second kappa shape index (κ2) is 6.96. The van der Waals surface area contributed by atoms with Crippen molar-refractivity contribution in [3.05, 3.63) is 65.2 Å². The average molecular weight is 367 g/mol. The van der Waals surface area contributed by atoms with Crippen LogP contribution < -0.4 is 4.90 Å². The maximum Gasteiger partial charge on any atom is 0.353 e. The molecule has 6 heteroatoms. The fraction of sp³-hybridized carbons (Fsp3) is 0.286. The lowest BCUT2D eigenvalue weighted by Crippen LogP contribution is -2.59. The molecule has 1 atom stereocenters. The van der Waals surface area contributed by atoms with E-state index in [0.717, 1.165) is 10.5 Å². The van der Waals surface area contributed by atoms with E-state index in [4.69, 9.17) is 4.74 Å². The maximum atomic E-state index is 13.1. The zero-order valence-corrected chi connectivity index (χ0v) is 15.4. The smallest absolute Gasteiger partial charge is 0.353 e. The minimum atomic E-state index is -2.57. The van der Waals surface area contributed by atoms with Gasteiger partial charge in [-0.25, -0.2) is 9.69 Å². The Morgan fingerprint density at radius 2 is 1.74 bits per heavy atom. The third kappa shape index (κ3) is 2.92. The van der Waals surface area contributed by atoms with Crippen LogP contribution in [0.15, 0.2) is 48.5 Å². The van der Waals surface area contributed by atoms with Crippen molar-refractivity contribution < 1.29 is 24.2 Å². The molecule has 0 saturated heterocycles. The Bertz CT molecular complexity index is 903. The van der Waals surface area contributed by atoms with E-state index in [1.165, 1.54) is 12.1 Å². The second-order valence-corrected chi connectivity index (χ2v) is 6.67. The lowest BCUT2D eigenvalue weighted by atomic mass is 9.84. The minimum absolute atomic E-state index is 0.00633. The van der Waals surface area contributed by atoms with Gasteiger partial charge in [0.15, 0.2) is 0 Å². The molecule has 1 heterocycles. The van der Waals surface area contributed by atoms with Gasteiger partial charge in [-0.3, -0.25) is 9.59 Å². The van der Waals surface area contributed by atoms with Gasteiger partial charge < -0.3 is 9.84 Å². The van der Waals surface area contributed by atoms with Crippen LogP contribution >= 0.6 is 0 Å². The van der Waals surface area contributed by atoms with Gasteiger partial charge in [-0.2, -0.15) is 0 Å². The summed E-state index contributed by atoms with van der Waals surface area (Å²) < 4.78 is 4.93. The minimum Gasteiger partial charge on any atom is -0.463 e. The summed E-state index contributed by atoms with van der Waals surface area (Å²) in [6, 6.07) is 12.9. The molecular weight excluding hydrogens is 346 g/mol. The number of fused-ring (bicyclic) bond motifs is 1. The summed E-state index contributed by atoms with van der Waals surface area (Å²) in [5.74, 6) is -2.45. The van der Waals surface area contributed by atoms with Crippen LogP contribution in [0.4, 0.5) is 5.69 Å². The Morgan fingerprint density at radius 3 is 2.33 bits per heavy atom. The molecule has 1 unspecified atom stereocenters. The van der Waals surface area contributed by atoms with Gasteiger partial charge in [0.2, 0.25) is 0 Å². The lowest BCUT2D eigenvalue weighted by Gasteiger charge is -2.36.